The number of fused-ring (bicyclic) bond motifs is 1. The van der Waals surface area contributed by atoms with E-state index in [4.69, 9.17) is 4.74 Å². The van der Waals surface area contributed by atoms with Crippen LogP contribution in [0.3, 0.4) is 0 Å². The van der Waals surface area contributed by atoms with E-state index in [1.54, 1.807) is 16.9 Å². The molecule has 4 rings (SSSR count). The second kappa shape index (κ2) is 8.78. The summed E-state index contributed by atoms with van der Waals surface area (Å²) in [5, 5.41) is 15.6. The zero-order chi connectivity index (χ0) is 22.0. The zero-order valence-electron chi connectivity index (χ0n) is 18.5. The highest BCUT2D eigenvalue weighted by molar-refractivity contribution is 5.92. The van der Waals surface area contributed by atoms with Gasteiger partial charge in [-0.05, 0) is 32.3 Å². The number of carbonyl (C=O) groups excluding carboxylic acids is 2. The van der Waals surface area contributed by atoms with E-state index < -0.39 is 5.60 Å². The van der Waals surface area contributed by atoms with E-state index in [-0.39, 0.29) is 24.3 Å². The Labute approximate surface area is 181 Å². The average Bonchev–Trinajstić information content (AvgIpc) is 3.51. The molecule has 1 atom stereocenters. The Morgan fingerprint density at radius 3 is 2.81 bits per heavy atom. The Morgan fingerprint density at radius 2 is 2.06 bits per heavy atom. The number of likely N-dealkylation sites (tertiary alicyclic amines) is 1. The molecule has 0 aromatic carbocycles. The van der Waals surface area contributed by atoms with Crippen molar-refractivity contribution in [2.45, 2.75) is 71.9 Å². The van der Waals surface area contributed by atoms with Gasteiger partial charge in [-0.25, -0.2) is 4.68 Å². The van der Waals surface area contributed by atoms with Gasteiger partial charge in [0.1, 0.15) is 17.0 Å². The van der Waals surface area contributed by atoms with Crippen LogP contribution in [-0.4, -0.2) is 60.2 Å². The average molecular weight is 430 g/mol. The van der Waals surface area contributed by atoms with Crippen LogP contribution in [0, 0.1) is 5.92 Å². The second-order valence-corrected chi connectivity index (χ2v) is 8.35. The molecule has 1 unspecified atom stereocenters. The fourth-order valence-electron chi connectivity index (χ4n) is 4.54. The lowest BCUT2D eigenvalue weighted by Crippen LogP contribution is -2.46. The summed E-state index contributed by atoms with van der Waals surface area (Å²) < 4.78 is 9.79. The van der Waals surface area contributed by atoms with E-state index in [0.29, 0.717) is 44.2 Å². The van der Waals surface area contributed by atoms with E-state index >= 15 is 0 Å². The molecule has 2 aromatic heterocycles. The molecule has 2 amide bonds. The van der Waals surface area contributed by atoms with Crippen LogP contribution >= 0.6 is 0 Å². The number of nitrogens with zero attached hydrogens (tertiary/aromatic N) is 6. The maximum absolute atomic E-state index is 12.8. The molecule has 10 heteroatoms. The predicted molar refractivity (Wildman–Crippen MR) is 112 cm³/mol. The highest BCUT2D eigenvalue weighted by Crippen LogP contribution is 2.33. The zero-order valence-corrected chi connectivity index (χ0v) is 18.5. The summed E-state index contributed by atoms with van der Waals surface area (Å²) in [6, 6.07) is 1.70. The highest BCUT2D eigenvalue weighted by Gasteiger charge is 2.45. The lowest BCUT2D eigenvalue weighted by Gasteiger charge is -2.34. The molecule has 31 heavy (non-hydrogen) atoms. The first-order valence-corrected chi connectivity index (χ1v) is 11.1. The van der Waals surface area contributed by atoms with Gasteiger partial charge in [0.2, 0.25) is 5.91 Å². The van der Waals surface area contributed by atoms with Crippen LogP contribution in [0.5, 0.6) is 0 Å². The molecule has 1 spiro atoms. The summed E-state index contributed by atoms with van der Waals surface area (Å²) in [7, 11) is 0. The third kappa shape index (κ3) is 4.08. The van der Waals surface area contributed by atoms with Crippen LogP contribution < -0.4 is 5.32 Å². The number of hydrogen-bond acceptors (Lipinski definition) is 6. The smallest absolute Gasteiger partial charge is 0.269 e. The number of ether oxygens (including phenoxy) is 1. The Balaban J connectivity index is 1.39. The lowest BCUT2D eigenvalue weighted by molar-refractivity contribution is -0.137. The van der Waals surface area contributed by atoms with Crippen LogP contribution in [0.25, 0.3) is 0 Å². The molecule has 0 radical (unpaired) electrons. The van der Waals surface area contributed by atoms with Crippen LogP contribution in [0.2, 0.25) is 0 Å². The van der Waals surface area contributed by atoms with Crippen molar-refractivity contribution in [1.29, 1.82) is 0 Å². The van der Waals surface area contributed by atoms with Gasteiger partial charge in [0.15, 0.2) is 0 Å². The number of aromatic nitrogens is 5. The van der Waals surface area contributed by atoms with Crippen LogP contribution in [-0.2, 0) is 35.8 Å². The predicted octanol–water partition coefficient (Wildman–Crippen LogP) is 1.36. The molecule has 2 aliphatic heterocycles. The van der Waals surface area contributed by atoms with Gasteiger partial charge >= 0.3 is 0 Å². The van der Waals surface area contributed by atoms with Crippen molar-refractivity contribution < 1.29 is 14.3 Å². The first-order chi connectivity index (χ1) is 15.0. The van der Waals surface area contributed by atoms with Crippen LogP contribution in [0.1, 0.15) is 61.9 Å². The monoisotopic (exact) mass is 429 g/mol. The van der Waals surface area contributed by atoms with Crippen molar-refractivity contribution >= 4 is 11.8 Å². The molecule has 0 bridgehead atoms. The van der Waals surface area contributed by atoms with Gasteiger partial charge in [0.25, 0.3) is 5.91 Å². The third-order valence-corrected chi connectivity index (χ3v) is 6.50. The molecule has 2 aromatic rings. The van der Waals surface area contributed by atoms with Crippen molar-refractivity contribution in [1.82, 2.24) is 35.0 Å². The summed E-state index contributed by atoms with van der Waals surface area (Å²) in [5.41, 5.74) is 1.69. The molecule has 1 fully saturated rings. The number of rotatable bonds is 7. The number of hydrogen-bond donors (Lipinski definition) is 1. The Bertz CT molecular complexity index is 949. The highest BCUT2D eigenvalue weighted by atomic mass is 16.5. The number of nitrogens with one attached hydrogen (secondary N) is 1. The molecule has 2 aliphatic rings. The maximum Gasteiger partial charge on any atom is 0.269 e. The van der Waals surface area contributed by atoms with Gasteiger partial charge in [-0.3, -0.25) is 14.3 Å². The second-order valence-electron chi connectivity index (χ2n) is 8.35. The van der Waals surface area contributed by atoms with E-state index in [0.717, 1.165) is 25.0 Å². The molecule has 10 nitrogen and oxygen atoms in total. The van der Waals surface area contributed by atoms with Crippen molar-refractivity contribution in [3.05, 3.63) is 29.3 Å². The number of carbonyl (C=O) groups is 2. The molecule has 168 valence electrons. The maximum atomic E-state index is 12.8. The fourth-order valence-corrected chi connectivity index (χ4v) is 4.54. The first-order valence-electron chi connectivity index (χ1n) is 11.1. The van der Waals surface area contributed by atoms with Crippen molar-refractivity contribution in [2.24, 2.45) is 5.92 Å². The largest absolute Gasteiger partial charge is 0.365 e. The topological polar surface area (TPSA) is 107 Å². The van der Waals surface area contributed by atoms with Gasteiger partial charge in [-0.1, -0.05) is 19.1 Å². The van der Waals surface area contributed by atoms with Crippen molar-refractivity contribution in [3.8, 4) is 0 Å². The molecular weight excluding hydrogens is 398 g/mol. The van der Waals surface area contributed by atoms with E-state index in [2.05, 4.69) is 34.6 Å². The van der Waals surface area contributed by atoms with Gasteiger partial charge in [-0.15, -0.1) is 5.10 Å². The summed E-state index contributed by atoms with van der Waals surface area (Å²) >= 11 is 0. The number of aryl methyl sites for hydroxylation is 1. The molecule has 4 heterocycles. The fraction of sp³-hybridized carbons (Fsp3) is 0.667. The summed E-state index contributed by atoms with van der Waals surface area (Å²) in [6.07, 6.45) is 4.14. The summed E-state index contributed by atoms with van der Waals surface area (Å²) in [4.78, 5) is 27.2. The Kier molecular flexibility index (Phi) is 6.08. The molecule has 1 N–H and O–H groups in total. The minimum atomic E-state index is -0.406. The molecule has 0 aliphatic carbocycles. The minimum Gasteiger partial charge on any atom is -0.365 e. The lowest BCUT2D eigenvalue weighted by atomic mass is 10.0. The number of amides is 2. The summed E-state index contributed by atoms with van der Waals surface area (Å²) in [6.45, 7) is 9.22. The van der Waals surface area contributed by atoms with E-state index in [1.807, 2.05) is 16.5 Å². The van der Waals surface area contributed by atoms with Crippen LogP contribution in [0.15, 0.2) is 12.3 Å². The minimum absolute atomic E-state index is 0.0832. The SMILES string of the molecule is CCC(CC)C(=O)N1CCC2(C1)Cn1nnc(CNC(=O)c3ccnn3CC)c1CO2. The van der Waals surface area contributed by atoms with E-state index in [9.17, 15) is 9.59 Å². The van der Waals surface area contributed by atoms with Gasteiger partial charge < -0.3 is 15.0 Å². The van der Waals surface area contributed by atoms with Gasteiger partial charge in [0, 0.05) is 25.2 Å². The van der Waals surface area contributed by atoms with Crippen molar-refractivity contribution in [2.75, 3.05) is 13.1 Å². The summed E-state index contributed by atoms with van der Waals surface area (Å²) in [5.74, 6) is 0.116. The molecule has 1 saturated heterocycles. The Morgan fingerprint density at radius 1 is 1.26 bits per heavy atom. The van der Waals surface area contributed by atoms with Crippen LogP contribution in [0.4, 0.5) is 0 Å². The Hall–Kier alpha value is -2.75. The van der Waals surface area contributed by atoms with Gasteiger partial charge in [0.05, 0.1) is 31.9 Å². The van der Waals surface area contributed by atoms with Crippen molar-refractivity contribution in [3.63, 3.8) is 0 Å². The standard InChI is InChI=1S/C21H31N7O3/c1-4-15(5-2)20(30)26-10-8-21(13-26)14-28-18(12-31-21)16(24-25-28)11-22-19(29)17-7-9-23-27(17)6-3/h7,9,15H,4-6,8,10-14H2,1-3H3,(H,22,29). The van der Waals surface area contributed by atoms with E-state index in [1.165, 1.54) is 0 Å². The third-order valence-electron chi connectivity index (χ3n) is 6.50. The molecular formula is C21H31N7O3. The molecule has 0 saturated carbocycles. The normalized spacial score (nSPS) is 20.5. The first kappa shape index (κ1) is 21.5. The quantitative estimate of drug-likeness (QED) is 0.712. The van der Waals surface area contributed by atoms with Gasteiger partial charge in [-0.2, -0.15) is 5.10 Å².